The molecular formula is C17H24N4O10. The second kappa shape index (κ2) is 13.6. The molecule has 2 unspecified atom stereocenters. The van der Waals surface area contributed by atoms with Crippen molar-refractivity contribution >= 4 is 17.5 Å². The number of Topliss-reactive ketones (excluding diaryl/α,β-unsaturated/α-hetero) is 2. The van der Waals surface area contributed by atoms with Gasteiger partial charge in [-0.3, -0.25) is 14.4 Å². The van der Waals surface area contributed by atoms with E-state index in [1.54, 1.807) is 0 Å². The molecule has 2 N–H and O–H groups in total. The van der Waals surface area contributed by atoms with Crippen LogP contribution < -0.4 is 0 Å². The van der Waals surface area contributed by atoms with Gasteiger partial charge in [-0.2, -0.15) is 0 Å². The SMILES string of the molecule is O=C(CCCC(=O)CC(Cc1cnc[nH]1)C(=O)O)CCCC(CO[N+](=O)[O-])O[N+](=O)[O-]. The van der Waals surface area contributed by atoms with E-state index in [9.17, 15) is 39.7 Å². The zero-order valence-corrected chi connectivity index (χ0v) is 16.6. The second-order valence-electron chi connectivity index (χ2n) is 6.81. The molecular weight excluding hydrogens is 420 g/mol. The van der Waals surface area contributed by atoms with Crippen LogP contribution in [0, 0.1) is 26.1 Å². The predicted octanol–water partition coefficient (Wildman–Crippen LogP) is 1.31. The first-order valence-electron chi connectivity index (χ1n) is 9.49. The number of aromatic nitrogens is 2. The van der Waals surface area contributed by atoms with Crippen molar-refractivity contribution in [2.24, 2.45) is 5.92 Å². The lowest BCUT2D eigenvalue weighted by Gasteiger charge is -2.13. The minimum Gasteiger partial charge on any atom is -0.481 e. The van der Waals surface area contributed by atoms with Crippen molar-refractivity contribution in [1.82, 2.24) is 9.97 Å². The Kier molecular flexibility index (Phi) is 11.2. The van der Waals surface area contributed by atoms with Crippen molar-refractivity contribution in [3.8, 4) is 0 Å². The van der Waals surface area contributed by atoms with E-state index in [4.69, 9.17) is 0 Å². The maximum absolute atomic E-state index is 12.1. The number of imidazole rings is 1. The quantitative estimate of drug-likeness (QED) is 0.244. The van der Waals surface area contributed by atoms with Gasteiger partial charge in [0.15, 0.2) is 0 Å². The number of hydrogen-bond donors (Lipinski definition) is 2. The van der Waals surface area contributed by atoms with E-state index in [0.29, 0.717) is 5.69 Å². The van der Waals surface area contributed by atoms with Gasteiger partial charge in [0.25, 0.3) is 10.2 Å². The highest BCUT2D eigenvalue weighted by molar-refractivity contribution is 5.84. The van der Waals surface area contributed by atoms with E-state index < -0.39 is 34.8 Å². The molecule has 1 rings (SSSR count). The molecule has 1 heterocycles. The first-order valence-corrected chi connectivity index (χ1v) is 9.49. The number of H-pyrrole nitrogens is 1. The van der Waals surface area contributed by atoms with Gasteiger partial charge in [0.05, 0.1) is 12.2 Å². The average Bonchev–Trinajstić information content (AvgIpc) is 3.18. The molecule has 0 amide bonds. The molecule has 0 saturated heterocycles. The molecule has 0 bridgehead atoms. The van der Waals surface area contributed by atoms with Crippen LogP contribution in [0.3, 0.4) is 0 Å². The number of carboxylic acids is 1. The molecule has 31 heavy (non-hydrogen) atoms. The summed E-state index contributed by atoms with van der Waals surface area (Å²) in [5.41, 5.74) is 0.610. The van der Waals surface area contributed by atoms with Gasteiger partial charge in [-0.25, -0.2) is 4.98 Å². The normalized spacial score (nSPS) is 12.5. The summed E-state index contributed by atoms with van der Waals surface area (Å²) in [5, 5.41) is 27.6. The van der Waals surface area contributed by atoms with E-state index in [-0.39, 0.29) is 62.9 Å². The molecule has 172 valence electrons. The van der Waals surface area contributed by atoms with Crippen LogP contribution >= 0.6 is 0 Å². The van der Waals surface area contributed by atoms with E-state index in [1.807, 2.05) is 0 Å². The Labute approximate surface area is 176 Å². The number of nitrogens with one attached hydrogen (secondary N) is 1. The third-order valence-corrected chi connectivity index (χ3v) is 4.34. The number of carbonyl (C=O) groups is 3. The summed E-state index contributed by atoms with van der Waals surface area (Å²) in [6.07, 6.45) is 2.40. The van der Waals surface area contributed by atoms with Gasteiger partial charge in [-0.15, -0.1) is 20.2 Å². The average molecular weight is 444 g/mol. The Bertz CT molecular complexity index is 752. The summed E-state index contributed by atoms with van der Waals surface area (Å²) < 4.78 is 0. The third-order valence-electron chi connectivity index (χ3n) is 4.34. The fourth-order valence-electron chi connectivity index (χ4n) is 2.85. The van der Waals surface area contributed by atoms with Crippen LogP contribution in [0.15, 0.2) is 12.5 Å². The van der Waals surface area contributed by atoms with Crippen LogP contribution in [0.2, 0.25) is 0 Å². The lowest BCUT2D eigenvalue weighted by atomic mass is 9.95. The van der Waals surface area contributed by atoms with Crippen molar-refractivity contribution in [2.45, 2.75) is 57.5 Å². The Morgan fingerprint density at radius 2 is 1.77 bits per heavy atom. The number of rotatable bonds is 18. The summed E-state index contributed by atoms with van der Waals surface area (Å²) in [7, 11) is 0. The smallest absolute Gasteiger partial charge is 0.307 e. The summed E-state index contributed by atoms with van der Waals surface area (Å²) in [4.78, 5) is 70.8. The number of aromatic amines is 1. The summed E-state index contributed by atoms with van der Waals surface area (Å²) in [6.45, 7) is -0.625. The molecule has 14 nitrogen and oxygen atoms in total. The van der Waals surface area contributed by atoms with Gasteiger partial charge in [0, 0.05) is 44.0 Å². The first kappa shape index (κ1) is 25.5. The van der Waals surface area contributed by atoms with E-state index in [0.717, 1.165) is 0 Å². The zero-order valence-electron chi connectivity index (χ0n) is 16.6. The molecule has 0 aliphatic heterocycles. The monoisotopic (exact) mass is 444 g/mol. The molecule has 1 aromatic heterocycles. The number of aliphatic carboxylic acids is 1. The topological polar surface area (TPSA) is 205 Å². The highest BCUT2D eigenvalue weighted by atomic mass is 17.0. The van der Waals surface area contributed by atoms with E-state index in [2.05, 4.69) is 19.6 Å². The Hall–Kier alpha value is -3.58. The molecule has 0 saturated carbocycles. The van der Waals surface area contributed by atoms with Crippen LogP contribution in [-0.4, -0.2) is 55.5 Å². The van der Waals surface area contributed by atoms with Gasteiger partial charge in [-0.1, -0.05) is 0 Å². The van der Waals surface area contributed by atoms with Gasteiger partial charge in [0.2, 0.25) is 0 Å². The van der Waals surface area contributed by atoms with Crippen molar-refractivity contribution in [2.75, 3.05) is 6.61 Å². The highest BCUT2D eigenvalue weighted by Crippen LogP contribution is 2.15. The molecule has 14 heteroatoms. The number of hydrogen-bond acceptors (Lipinski definition) is 10. The minimum atomic E-state index is -1.17. The fraction of sp³-hybridized carbons (Fsp3) is 0.647. The standard InChI is InChI=1S/C17H24N4O10/c22-14(4-2-6-16(31-21(28)29)10-30-20(26)27)3-1-5-15(23)8-12(17(24)25)7-13-9-18-11-19-13/h9,11-12,16H,1-8,10H2,(H,18,19)(H,24,25). The maximum Gasteiger partial charge on any atom is 0.307 e. The summed E-state index contributed by atoms with van der Waals surface area (Å²) in [6, 6.07) is 0. The van der Waals surface area contributed by atoms with Gasteiger partial charge >= 0.3 is 5.97 Å². The molecule has 0 aromatic carbocycles. The second-order valence-corrected chi connectivity index (χ2v) is 6.81. The van der Waals surface area contributed by atoms with Gasteiger partial charge in [0.1, 0.15) is 24.3 Å². The van der Waals surface area contributed by atoms with Crippen LogP contribution in [0.1, 0.15) is 50.6 Å². The Morgan fingerprint density at radius 1 is 1.10 bits per heavy atom. The molecule has 0 spiro atoms. The molecule has 2 atom stereocenters. The molecule has 0 aliphatic carbocycles. The van der Waals surface area contributed by atoms with Crippen molar-refractivity contribution < 1.29 is 39.3 Å². The van der Waals surface area contributed by atoms with Crippen LogP contribution in [-0.2, 0) is 30.5 Å². The van der Waals surface area contributed by atoms with E-state index in [1.165, 1.54) is 12.5 Å². The first-order chi connectivity index (χ1) is 14.7. The Balaban J connectivity index is 2.28. The Morgan fingerprint density at radius 3 is 2.35 bits per heavy atom. The molecule has 1 aromatic rings. The lowest BCUT2D eigenvalue weighted by Crippen LogP contribution is -2.24. The van der Waals surface area contributed by atoms with Gasteiger partial charge in [-0.05, 0) is 19.3 Å². The van der Waals surface area contributed by atoms with Crippen molar-refractivity contribution in [3.05, 3.63) is 38.4 Å². The molecule has 0 radical (unpaired) electrons. The fourth-order valence-corrected chi connectivity index (χ4v) is 2.85. The highest BCUT2D eigenvalue weighted by Gasteiger charge is 2.22. The number of carboxylic acid groups (broad SMARTS) is 1. The maximum atomic E-state index is 12.1. The summed E-state index contributed by atoms with van der Waals surface area (Å²) in [5.74, 6) is -2.43. The molecule has 0 aliphatic rings. The minimum absolute atomic E-state index is 0.00732. The third kappa shape index (κ3) is 11.9. The van der Waals surface area contributed by atoms with E-state index >= 15 is 0 Å². The van der Waals surface area contributed by atoms with Crippen LogP contribution in [0.25, 0.3) is 0 Å². The summed E-state index contributed by atoms with van der Waals surface area (Å²) >= 11 is 0. The van der Waals surface area contributed by atoms with Crippen LogP contribution in [0.4, 0.5) is 0 Å². The largest absolute Gasteiger partial charge is 0.481 e. The lowest BCUT2D eigenvalue weighted by molar-refractivity contribution is -0.790. The van der Waals surface area contributed by atoms with Gasteiger partial charge < -0.3 is 19.8 Å². The number of carbonyl (C=O) groups excluding carboxylic acids is 2. The number of ketones is 2. The molecule has 0 fully saturated rings. The zero-order chi connectivity index (χ0) is 23.2. The number of nitrogens with zero attached hydrogens (tertiary/aromatic N) is 3. The van der Waals surface area contributed by atoms with Crippen LogP contribution in [0.5, 0.6) is 0 Å². The van der Waals surface area contributed by atoms with Crippen molar-refractivity contribution in [3.63, 3.8) is 0 Å². The van der Waals surface area contributed by atoms with Crippen molar-refractivity contribution in [1.29, 1.82) is 0 Å². The predicted molar refractivity (Wildman–Crippen MR) is 101 cm³/mol.